The van der Waals surface area contributed by atoms with Gasteiger partial charge < -0.3 is 10.2 Å². The van der Waals surface area contributed by atoms with Crippen molar-refractivity contribution in [1.29, 1.82) is 0 Å². The topological polar surface area (TPSA) is 93.0 Å². The van der Waals surface area contributed by atoms with Crippen LogP contribution in [0.25, 0.3) is 0 Å². The van der Waals surface area contributed by atoms with Crippen LogP contribution in [-0.2, 0) is 18.4 Å². The maximum absolute atomic E-state index is 12.5. The van der Waals surface area contributed by atoms with E-state index in [0.717, 1.165) is 24.2 Å². The van der Waals surface area contributed by atoms with Gasteiger partial charge in [-0.15, -0.1) is 0 Å². The van der Waals surface area contributed by atoms with E-state index >= 15 is 0 Å². The SMILES string of the molecule is CC(=O)NCc1nccnc1C1CCN(C(=O)c2cnn(C)c2)CC1. The number of amides is 2. The first-order valence-corrected chi connectivity index (χ1v) is 8.36. The third-order valence-corrected chi connectivity index (χ3v) is 4.43. The van der Waals surface area contributed by atoms with E-state index in [2.05, 4.69) is 20.4 Å². The predicted molar refractivity (Wildman–Crippen MR) is 90.6 cm³/mol. The molecule has 3 rings (SSSR count). The van der Waals surface area contributed by atoms with Crippen molar-refractivity contribution in [1.82, 2.24) is 30.0 Å². The highest BCUT2D eigenvalue weighted by atomic mass is 16.2. The van der Waals surface area contributed by atoms with Crippen LogP contribution in [0.4, 0.5) is 0 Å². The van der Waals surface area contributed by atoms with Gasteiger partial charge in [0.05, 0.1) is 29.7 Å². The number of nitrogens with zero attached hydrogens (tertiary/aromatic N) is 5. The number of hydrogen-bond donors (Lipinski definition) is 1. The van der Waals surface area contributed by atoms with Gasteiger partial charge in [0.1, 0.15) is 0 Å². The molecule has 2 aromatic heterocycles. The lowest BCUT2D eigenvalue weighted by atomic mass is 9.91. The molecule has 132 valence electrons. The Morgan fingerprint density at radius 3 is 2.60 bits per heavy atom. The van der Waals surface area contributed by atoms with Gasteiger partial charge in [0.2, 0.25) is 5.91 Å². The fourth-order valence-corrected chi connectivity index (χ4v) is 3.13. The number of likely N-dealkylation sites (tertiary alicyclic amines) is 1. The molecule has 25 heavy (non-hydrogen) atoms. The summed E-state index contributed by atoms with van der Waals surface area (Å²) >= 11 is 0. The zero-order valence-electron chi connectivity index (χ0n) is 14.5. The quantitative estimate of drug-likeness (QED) is 0.890. The van der Waals surface area contributed by atoms with Crippen molar-refractivity contribution in [3.63, 3.8) is 0 Å². The van der Waals surface area contributed by atoms with Gasteiger partial charge in [-0.1, -0.05) is 0 Å². The Balaban J connectivity index is 1.64. The average Bonchev–Trinajstić information content (AvgIpc) is 3.06. The zero-order chi connectivity index (χ0) is 17.8. The van der Waals surface area contributed by atoms with Crippen LogP contribution in [0, 0.1) is 0 Å². The van der Waals surface area contributed by atoms with Gasteiger partial charge in [0, 0.05) is 51.6 Å². The number of rotatable bonds is 4. The molecule has 0 aliphatic carbocycles. The molecule has 2 aromatic rings. The highest BCUT2D eigenvalue weighted by Gasteiger charge is 2.27. The number of hydrogen-bond acceptors (Lipinski definition) is 5. The van der Waals surface area contributed by atoms with Crippen LogP contribution in [-0.4, -0.2) is 49.6 Å². The summed E-state index contributed by atoms with van der Waals surface area (Å²) in [6.07, 6.45) is 8.32. The van der Waals surface area contributed by atoms with E-state index in [1.165, 1.54) is 6.92 Å². The lowest BCUT2D eigenvalue weighted by Crippen LogP contribution is -2.38. The molecule has 0 radical (unpaired) electrons. The number of nitrogens with one attached hydrogen (secondary N) is 1. The molecule has 0 spiro atoms. The maximum atomic E-state index is 12.5. The molecular formula is C17H22N6O2. The summed E-state index contributed by atoms with van der Waals surface area (Å²) in [4.78, 5) is 34.3. The molecule has 1 N–H and O–H groups in total. The standard InChI is InChI=1S/C17H22N6O2/c1-12(24)20-10-15-16(19-6-5-18-15)13-3-7-23(8-4-13)17(25)14-9-21-22(2)11-14/h5-6,9,11,13H,3-4,7-8,10H2,1-2H3,(H,20,24). The minimum Gasteiger partial charge on any atom is -0.351 e. The molecule has 1 saturated heterocycles. The number of piperidine rings is 1. The molecule has 1 aliphatic rings. The summed E-state index contributed by atoms with van der Waals surface area (Å²) in [7, 11) is 1.80. The smallest absolute Gasteiger partial charge is 0.257 e. The Morgan fingerprint density at radius 2 is 1.96 bits per heavy atom. The molecule has 8 nitrogen and oxygen atoms in total. The zero-order valence-corrected chi connectivity index (χ0v) is 14.5. The summed E-state index contributed by atoms with van der Waals surface area (Å²) in [5.74, 6) is 0.174. The van der Waals surface area contributed by atoms with E-state index in [4.69, 9.17) is 0 Å². The molecule has 0 unspecified atom stereocenters. The van der Waals surface area contributed by atoms with E-state index in [-0.39, 0.29) is 17.7 Å². The maximum Gasteiger partial charge on any atom is 0.257 e. The van der Waals surface area contributed by atoms with Crippen molar-refractivity contribution in [2.24, 2.45) is 7.05 Å². The lowest BCUT2D eigenvalue weighted by Gasteiger charge is -2.32. The van der Waals surface area contributed by atoms with Gasteiger partial charge in [0.15, 0.2) is 0 Å². The Morgan fingerprint density at radius 1 is 1.24 bits per heavy atom. The lowest BCUT2D eigenvalue weighted by molar-refractivity contribution is -0.119. The van der Waals surface area contributed by atoms with Crippen molar-refractivity contribution < 1.29 is 9.59 Å². The highest BCUT2D eigenvalue weighted by molar-refractivity contribution is 5.93. The van der Waals surface area contributed by atoms with Crippen LogP contribution >= 0.6 is 0 Å². The number of carbonyl (C=O) groups excluding carboxylic acids is 2. The second kappa shape index (κ2) is 7.42. The van der Waals surface area contributed by atoms with E-state index < -0.39 is 0 Å². The van der Waals surface area contributed by atoms with Gasteiger partial charge in [-0.2, -0.15) is 5.10 Å². The molecule has 0 atom stereocenters. The summed E-state index contributed by atoms with van der Waals surface area (Å²) in [6, 6.07) is 0. The summed E-state index contributed by atoms with van der Waals surface area (Å²) < 4.78 is 1.63. The Hall–Kier alpha value is -2.77. The van der Waals surface area contributed by atoms with Crippen molar-refractivity contribution in [3.05, 3.63) is 41.7 Å². The normalized spacial score (nSPS) is 15.2. The first-order valence-electron chi connectivity index (χ1n) is 8.36. The molecule has 1 aliphatic heterocycles. The first-order chi connectivity index (χ1) is 12.0. The van der Waals surface area contributed by atoms with Gasteiger partial charge in [-0.25, -0.2) is 0 Å². The molecule has 3 heterocycles. The highest BCUT2D eigenvalue weighted by Crippen LogP contribution is 2.28. The summed E-state index contributed by atoms with van der Waals surface area (Å²) in [6.45, 7) is 3.22. The molecule has 1 fully saturated rings. The predicted octanol–water partition coefficient (Wildman–Crippen LogP) is 0.866. The van der Waals surface area contributed by atoms with E-state index in [1.807, 2.05) is 4.90 Å². The van der Waals surface area contributed by atoms with Crippen molar-refractivity contribution in [2.75, 3.05) is 13.1 Å². The minimum atomic E-state index is -0.0894. The second-order valence-electron chi connectivity index (χ2n) is 6.27. The fourth-order valence-electron chi connectivity index (χ4n) is 3.13. The monoisotopic (exact) mass is 342 g/mol. The Labute approximate surface area is 146 Å². The number of carbonyl (C=O) groups is 2. The third-order valence-electron chi connectivity index (χ3n) is 4.43. The molecular weight excluding hydrogens is 320 g/mol. The second-order valence-corrected chi connectivity index (χ2v) is 6.27. The Kier molecular flexibility index (Phi) is 5.06. The number of aromatic nitrogens is 4. The third kappa shape index (κ3) is 4.01. The van der Waals surface area contributed by atoms with Gasteiger partial charge in [-0.3, -0.25) is 24.2 Å². The van der Waals surface area contributed by atoms with Crippen LogP contribution in [0.15, 0.2) is 24.8 Å². The molecule has 0 aromatic carbocycles. The van der Waals surface area contributed by atoms with E-state index in [1.54, 1.807) is 36.5 Å². The van der Waals surface area contributed by atoms with Gasteiger partial charge in [-0.05, 0) is 12.8 Å². The Bertz CT molecular complexity index is 764. The fraction of sp³-hybridized carbons (Fsp3) is 0.471. The number of aryl methyl sites for hydroxylation is 1. The summed E-state index contributed by atoms with van der Waals surface area (Å²) in [5.41, 5.74) is 2.34. The molecule has 2 amide bonds. The van der Waals surface area contributed by atoms with Crippen LogP contribution in [0.3, 0.4) is 0 Å². The largest absolute Gasteiger partial charge is 0.351 e. The minimum absolute atomic E-state index is 0.0177. The molecule has 0 saturated carbocycles. The van der Waals surface area contributed by atoms with Crippen LogP contribution < -0.4 is 5.32 Å². The van der Waals surface area contributed by atoms with Crippen LogP contribution in [0.2, 0.25) is 0 Å². The average molecular weight is 342 g/mol. The van der Waals surface area contributed by atoms with Gasteiger partial charge >= 0.3 is 0 Å². The molecule has 8 heteroatoms. The van der Waals surface area contributed by atoms with Crippen molar-refractivity contribution >= 4 is 11.8 Å². The molecule has 0 bridgehead atoms. The van der Waals surface area contributed by atoms with Crippen LogP contribution in [0.5, 0.6) is 0 Å². The van der Waals surface area contributed by atoms with Crippen molar-refractivity contribution in [3.8, 4) is 0 Å². The first kappa shape index (κ1) is 17.1. The van der Waals surface area contributed by atoms with Gasteiger partial charge in [0.25, 0.3) is 5.91 Å². The van der Waals surface area contributed by atoms with Crippen LogP contribution in [0.1, 0.15) is 47.4 Å². The summed E-state index contributed by atoms with van der Waals surface area (Å²) in [5, 5.41) is 6.83. The van der Waals surface area contributed by atoms with Crippen molar-refractivity contribution in [2.45, 2.75) is 32.2 Å². The van der Waals surface area contributed by atoms with E-state index in [0.29, 0.717) is 25.2 Å². The van der Waals surface area contributed by atoms with E-state index in [9.17, 15) is 9.59 Å².